The van der Waals surface area contributed by atoms with Crippen molar-refractivity contribution in [3.05, 3.63) is 28.6 Å². The molecule has 0 atom stereocenters. The highest BCUT2D eigenvalue weighted by molar-refractivity contribution is 7.15. The summed E-state index contributed by atoms with van der Waals surface area (Å²) in [6.07, 6.45) is 0. The lowest BCUT2D eigenvalue weighted by atomic mass is 10.4. The van der Waals surface area contributed by atoms with Crippen molar-refractivity contribution < 1.29 is 0 Å². The van der Waals surface area contributed by atoms with Gasteiger partial charge in [-0.05, 0) is 11.4 Å². The van der Waals surface area contributed by atoms with E-state index in [1.54, 1.807) is 22.7 Å². The third kappa shape index (κ3) is 1.30. The van der Waals surface area contributed by atoms with Gasteiger partial charge in [-0.2, -0.15) is 0 Å². The molecule has 3 aromatic heterocycles. The Morgan fingerprint density at radius 2 is 2.27 bits per heavy atom. The van der Waals surface area contributed by atoms with E-state index in [1.165, 1.54) is 0 Å². The predicted octanol–water partition coefficient (Wildman–Crippen LogP) is 1.98. The molecule has 0 fully saturated rings. The zero-order chi connectivity index (χ0) is 10.3. The molecule has 0 saturated heterocycles. The summed E-state index contributed by atoms with van der Waals surface area (Å²) in [4.78, 5) is 2.02. The maximum atomic E-state index is 5.68. The number of thiophene rings is 1. The summed E-state index contributed by atoms with van der Waals surface area (Å²) in [6, 6.07) is 4.05. The highest BCUT2D eigenvalue weighted by Crippen LogP contribution is 2.26. The summed E-state index contributed by atoms with van der Waals surface area (Å²) < 4.78 is 2.02. The summed E-state index contributed by atoms with van der Waals surface area (Å²) in [5.74, 6) is 0.890. The van der Waals surface area contributed by atoms with E-state index in [0.717, 1.165) is 21.4 Å². The summed E-state index contributed by atoms with van der Waals surface area (Å²) in [7, 11) is 0. The average molecular weight is 236 g/mol. The van der Waals surface area contributed by atoms with Crippen molar-refractivity contribution in [1.29, 1.82) is 0 Å². The van der Waals surface area contributed by atoms with Crippen LogP contribution in [0.5, 0.6) is 0 Å². The molecule has 15 heavy (non-hydrogen) atoms. The Morgan fingerprint density at radius 3 is 3.00 bits per heavy atom. The smallest absolute Gasteiger partial charge is 0.216 e. The van der Waals surface area contributed by atoms with Crippen LogP contribution in [0.15, 0.2) is 22.9 Å². The highest BCUT2D eigenvalue weighted by Gasteiger charge is 2.12. The first kappa shape index (κ1) is 9.02. The number of fused-ring (bicyclic) bond motifs is 1. The average Bonchev–Trinajstić information content (AvgIpc) is 2.94. The van der Waals surface area contributed by atoms with Crippen molar-refractivity contribution in [1.82, 2.24) is 14.6 Å². The number of aromatic nitrogens is 3. The fourth-order valence-corrected chi connectivity index (χ4v) is 3.02. The van der Waals surface area contributed by atoms with Crippen molar-refractivity contribution in [2.24, 2.45) is 5.73 Å². The van der Waals surface area contributed by atoms with E-state index in [1.807, 2.05) is 27.3 Å². The van der Waals surface area contributed by atoms with Gasteiger partial charge in [0, 0.05) is 11.9 Å². The molecular weight excluding hydrogens is 228 g/mol. The zero-order valence-electron chi connectivity index (χ0n) is 7.75. The Balaban J connectivity index is 2.31. The Bertz CT molecular complexity index is 578. The van der Waals surface area contributed by atoms with Gasteiger partial charge in [0.25, 0.3) is 0 Å². The lowest BCUT2D eigenvalue weighted by Crippen LogP contribution is -2.00. The van der Waals surface area contributed by atoms with E-state index in [9.17, 15) is 0 Å². The van der Waals surface area contributed by atoms with Gasteiger partial charge < -0.3 is 5.73 Å². The number of nitrogens with zero attached hydrogens (tertiary/aromatic N) is 3. The normalized spacial score (nSPS) is 11.3. The highest BCUT2D eigenvalue weighted by atomic mass is 32.1. The van der Waals surface area contributed by atoms with Crippen molar-refractivity contribution >= 4 is 27.6 Å². The Morgan fingerprint density at radius 1 is 1.33 bits per heavy atom. The monoisotopic (exact) mass is 236 g/mol. The van der Waals surface area contributed by atoms with E-state index in [2.05, 4.69) is 10.2 Å². The van der Waals surface area contributed by atoms with Crippen LogP contribution in [-0.4, -0.2) is 14.6 Å². The van der Waals surface area contributed by atoms with Crippen LogP contribution in [0.4, 0.5) is 0 Å². The largest absolute Gasteiger partial charge is 0.325 e. The van der Waals surface area contributed by atoms with Gasteiger partial charge in [-0.15, -0.1) is 32.9 Å². The first-order valence-electron chi connectivity index (χ1n) is 4.45. The third-order valence-electron chi connectivity index (χ3n) is 2.17. The molecule has 0 radical (unpaired) electrons. The maximum absolute atomic E-state index is 5.68. The fourth-order valence-electron chi connectivity index (χ4n) is 1.48. The van der Waals surface area contributed by atoms with Crippen LogP contribution in [0.2, 0.25) is 0 Å². The van der Waals surface area contributed by atoms with Gasteiger partial charge in [-0.1, -0.05) is 6.07 Å². The second kappa shape index (κ2) is 3.41. The molecule has 0 unspecified atom stereocenters. The Labute approximate surface area is 94.0 Å². The van der Waals surface area contributed by atoms with Crippen molar-refractivity contribution in [3.8, 4) is 10.7 Å². The van der Waals surface area contributed by atoms with Crippen LogP contribution >= 0.6 is 22.7 Å². The van der Waals surface area contributed by atoms with Gasteiger partial charge in [0.05, 0.1) is 10.6 Å². The minimum absolute atomic E-state index is 0.510. The molecule has 0 aliphatic carbocycles. The molecule has 0 aromatic carbocycles. The first-order valence-corrected chi connectivity index (χ1v) is 6.21. The fraction of sp³-hybridized carbons (Fsp3) is 0.111. The standard InChI is InChI=1S/C9H8N4S2/c10-4-6-5-15-9-12-11-8(13(6)9)7-2-1-3-14-7/h1-3,5H,4,10H2. The molecule has 0 bridgehead atoms. The SMILES string of the molecule is NCc1csc2nnc(-c3cccs3)n12. The summed E-state index contributed by atoms with van der Waals surface area (Å²) in [5, 5.41) is 12.4. The third-order valence-corrected chi connectivity index (χ3v) is 3.90. The number of hydrogen-bond donors (Lipinski definition) is 1. The van der Waals surface area contributed by atoms with Crippen molar-refractivity contribution in [2.75, 3.05) is 0 Å². The van der Waals surface area contributed by atoms with Gasteiger partial charge in [-0.25, -0.2) is 0 Å². The molecule has 0 spiro atoms. The Kier molecular flexibility index (Phi) is 2.05. The second-order valence-corrected chi connectivity index (χ2v) is 4.83. The zero-order valence-corrected chi connectivity index (χ0v) is 9.38. The molecule has 3 heterocycles. The van der Waals surface area contributed by atoms with E-state index < -0.39 is 0 Å². The topological polar surface area (TPSA) is 56.2 Å². The molecule has 3 rings (SSSR count). The molecule has 0 aliphatic heterocycles. The molecule has 76 valence electrons. The van der Waals surface area contributed by atoms with Crippen molar-refractivity contribution in [2.45, 2.75) is 6.54 Å². The van der Waals surface area contributed by atoms with E-state index in [4.69, 9.17) is 5.73 Å². The van der Waals surface area contributed by atoms with Gasteiger partial charge in [0.2, 0.25) is 4.96 Å². The number of nitrogens with two attached hydrogens (primary N) is 1. The van der Waals surface area contributed by atoms with Gasteiger partial charge in [0.15, 0.2) is 5.82 Å². The van der Waals surface area contributed by atoms with Crippen LogP contribution in [-0.2, 0) is 6.54 Å². The van der Waals surface area contributed by atoms with E-state index in [0.29, 0.717) is 6.54 Å². The predicted molar refractivity (Wildman–Crippen MR) is 62.1 cm³/mol. The second-order valence-electron chi connectivity index (χ2n) is 3.05. The van der Waals surface area contributed by atoms with Crippen molar-refractivity contribution in [3.63, 3.8) is 0 Å². The van der Waals surface area contributed by atoms with E-state index >= 15 is 0 Å². The number of thiazole rings is 1. The number of rotatable bonds is 2. The molecular formula is C9H8N4S2. The lowest BCUT2D eigenvalue weighted by Gasteiger charge is -1.96. The summed E-state index contributed by atoms with van der Waals surface area (Å²) in [6.45, 7) is 0.510. The van der Waals surface area contributed by atoms with Crippen LogP contribution in [0.25, 0.3) is 15.7 Å². The molecule has 0 amide bonds. The lowest BCUT2D eigenvalue weighted by molar-refractivity contribution is 0.964. The molecule has 3 aromatic rings. The van der Waals surface area contributed by atoms with Crippen LogP contribution < -0.4 is 5.73 Å². The van der Waals surface area contributed by atoms with Crippen LogP contribution in [0.3, 0.4) is 0 Å². The molecule has 6 heteroatoms. The molecule has 0 aliphatic rings. The summed E-state index contributed by atoms with van der Waals surface area (Å²) in [5.41, 5.74) is 6.73. The van der Waals surface area contributed by atoms with Gasteiger partial charge in [0.1, 0.15) is 0 Å². The minimum atomic E-state index is 0.510. The quantitative estimate of drug-likeness (QED) is 0.740. The van der Waals surface area contributed by atoms with Crippen LogP contribution in [0.1, 0.15) is 5.69 Å². The molecule has 2 N–H and O–H groups in total. The Hall–Kier alpha value is -1.24. The van der Waals surface area contributed by atoms with Gasteiger partial charge >= 0.3 is 0 Å². The van der Waals surface area contributed by atoms with Crippen LogP contribution in [0, 0.1) is 0 Å². The minimum Gasteiger partial charge on any atom is -0.325 e. The van der Waals surface area contributed by atoms with Gasteiger partial charge in [-0.3, -0.25) is 4.40 Å². The number of hydrogen-bond acceptors (Lipinski definition) is 5. The van der Waals surface area contributed by atoms with E-state index in [-0.39, 0.29) is 0 Å². The summed E-state index contributed by atoms with van der Waals surface area (Å²) >= 11 is 3.23. The molecule has 4 nitrogen and oxygen atoms in total. The molecule has 0 saturated carbocycles. The maximum Gasteiger partial charge on any atom is 0.216 e. The first-order chi connectivity index (χ1) is 7.40.